The summed E-state index contributed by atoms with van der Waals surface area (Å²) in [4.78, 5) is 15.9. The van der Waals surface area contributed by atoms with Gasteiger partial charge in [0.05, 0.1) is 11.0 Å². The monoisotopic (exact) mass is 392 g/mol. The van der Waals surface area contributed by atoms with Crippen LogP contribution in [0.5, 0.6) is 0 Å². The van der Waals surface area contributed by atoms with Crippen LogP contribution in [0.25, 0.3) is 27.1 Å². The first-order valence-corrected chi connectivity index (χ1v) is 8.91. The van der Waals surface area contributed by atoms with Crippen LogP contribution in [0.2, 0.25) is 0 Å². The van der Waals surface area contributed by atoms with Crippen molar-refractivity contribution in [3.8, 4) is 5.00 Å². The van der Waals surface area contributed by atoms with Gasteiger partial charge >= 0.3 is 6.18 Å². The molecule has 0 bridgehead atoms. The second-order valence-electron chi connectivity index (χ2n) is 6.17. The predicted molar refractivity (Wildman–Crippen MR) is 98.6 cm³/mol. The molecule has 5 nitrogen and oxygen atoms in total. The molecule has 0 unspecified atom stereocenters. The number of benzene rings is 1. The molecule has 0 fully saturated rings. The number of carbonyl (C=O) groups is 1. The fraction of sp³-hybridized carbons (Fsp3) is 0.222. The molecule has 0 spiro atoms. The predicted octanol–water partition coefficient (Wildman–Crippen LogP) is 4.27. The second-order valence-corrected chi connectivity index (χ2v) is 7.23. The van der Waals surface area contributed by atoms with Crippen LogP contribution in [0.3, 0.4) is 0 Å². The largest absolute Gasteiger partial charge is 0.425 e. The average Bonchev–Trinajstić information content (AvgIpc) is 3.28. The van der Waals surface area contributed by atoms with Gasteiger partial charge in [0.15, 0.2) is 5.65 Å². The van der Waals surface area contributed by atoms with Gasteiger partial charge in [0.2, 0.25) is 0 Å². The third kappa shape index (κ3) is 2.61. The Morgan fingerprint density at radius 1 is 1.22 bits per heavy atom. The van der Waals surface area contributed by atoms with Gasteiger partial charge in [0.1, 0.15) is 15.7 Å². The van der Waals surface area contributed by atoms with E-state index in [0.29, 0.717) is 33.1 Å². The molecule has 0 atom stereocenters. The van der Waals surface area contributed by atoms with Crippen molar-refractivity contribution in [2.45, 2.75) is 13.1 Å². The second kappa shape index (κ2) is 5.85. The van der Waals surface area contributed by atoms with Crippen molar-refractivity contribution in [1.82, 2.24) is 19.4 Å². The summed E-state index contributed by atoms with van der Waals surface area (Å²) in [7, 11) is 3.39. The number of halogens is 3. The van der Waals surface area contributed by atoms with Crippen molar-refractivity contribution in [3.63, 3.8) is 0 Å². The Morgan fingerprint density at radius 3 is 2.59 bits per heavy atom. The molecule has 140 valence electrons. The van der Waals surface area contributed by atoms with Gasteiger partial charge < -0.3 is 9.88 Å². The molecule has 0 radical (unpaired) electrons. The molecule has 27 heavy (non-hydrogen) atoms. The number of imidazole rings is 1. The van der Waals surface area contributed by atoms with Crippen LogP contribution in [0.15, 0.2) is 30.3 Å². The van der Waals surface area contributed by atoms with Gasteiger partial charge in [-0.15, -0.1) is 11.3 Å². The first-order valence-electron chi connectivity index (χ1n) is 8.09. The molecular weight excluding hydrogens is 377 g/mol. The Labute approximate surface area is 156 Å². The summed E-state index contributed by atoms with van der Waals surface area (Å²) in [6.45, 7) is 1.83. The number of aromatic nitrogens is 3. The number of nitrogens with zero attached hydrogens (tertiary/aromatic N) is 3. The Kier molecular flexibility index (Phi) is 3.81. The number of rotatable bonds is 2. The van der Waals surface area contributed by atoms with Crippen LogP contribution >= 0.6 is 11.3 Å². The summed E-state index contributed by atoms with van der Waals surface area (Å²) >= 11 is 0.667. The molecular formula is C18H15F3N4OS. The number of amides is 1. The highest BCUT2D eigenvalue weighted by atomic mass is 32.1. The molecule has 0 aliphatic carbocycles. The van der Waals surface area contributed by atoms with E-state index in [1.54, 1.807) is 29.8 Å². The van der Waals surface area contributed by atoms with E-state index in [0.717, 1.165) is 22.8 Å². The summed E-state index contributed by atoms with van der Waals surface area (Å²) < 4.78 is 42.8. The van der Waals surface area contributed by atoms with E-state index < -0.39 is 11.1 Å². The molecule has 3 aromatic heterocycles. The van der Waals surface area contributed by atoms with Gasteiger partial charge in [0.25, 0.3) is 5.91 Å². The van der Waals surface area contributed by atoms with Crippen LogP contribution in [-0.2, 0) is 13.2 Å². The Balaban J connectivity index is 2.06. The molecule has 3 heterocycles. The van der Waals surface area contributed by atoms with Gasteiger partial charge in [-0.1, -0.05) is 0 Å². The smallest absolute Gasteiger partial charge is 0.355 e. The molecule has 0 aliphatic rings. The van der Waals surface area contributed by atoms with Crippen LogP contribution in [0, 0.1) is 6.92 Å². The van der Waals surface area contributed by atoms with Crippen LogP contribution in [-0.4, -0.2) is 27.1 Å². The zero-order chi connectivity index (χ0) is 19.5. The molecule has 0 aliphatic heterocycles. The van der Waals surface area contributed by atoms with Crippen LogP contribution in [0.4, 0.5) is 13.2 Å². The van der Waals surface area contributed by atoms with Gasteiger partial charge in [0, 0.05) is 25.0 Å². The first kappa shape index (κ1) is 17.6. The van der Waals surface area contributed by atoms with Crippen LogP contribution in [0.1, 0.15) is 21.1 Å². The molecule has 1 amide bonds. The minimum atomic E-state index is -4.39. The van der Waals surface area contributed by atoms with Gasteiger partial charge in [-0.3, -0.25) is 9.36 Å². The van der Waals surface area contributed by atoms with Gasteiger partial charge in [-0.05, 0) is 37.3 Å². The SMILES string of the molecule is CNC(=O)c1ccc2c(c1)c1c(nc(C)n1C)n2-c1ccc(C(F)(F)F)s1. The highest BCUT2D eigenvalue weighted by Gasteiger charge is 2.33. The normalized spacial score (nSPS) is 12.2. The van der Waals surface area contributed by atoms with Crippen molar-refractivity contribution in [1.29, 1.82) is 0 Å². The third-order valence-corrected chi connectivity index (χ3v) is 5.70. The van der Waals surface area contributed by atoms with Crippen LogP contribution < -0.4 is 5.32 Å². The lowest BCUT2D eigenvalue weighted by atomic mass is 10.1. The number of hydrogen-bond acceptors (Lipinski definition) is 3. The van der Waals surface area contributed by atoms with E-state index in [1.807, 2.05) is 18.5 Å². The lowest BCUT2D eigenvalue weighted by Gasteiger charge is -2.05. The zero-order valence-electron chi connectivity index (χ0n) is 14.7. The quantitative estimate of drug-likeness (QED) is 0.554. The van der Waals surface area contributed by atoms with Crippen molar-refractivity contribution >= 4 is 39.3 Å². The van der Waals surface area contributed by atoms with E-state index in [2.05, 4.69) is 10.3 Å². The Bertz CT molecular complexity index is 1200. The lowest BCUT2D eigenvalue weighted by Crippen LogP contribution is -2.17. The highest BCUT2D eigenvalue weighted by Crippen LogP contribution is 2.39. The standard InChI is InChI=1S/C18H15F3N4OS/c1-9-23-16-15(24(9)3)11-8-10(17(26)22-2)4-5-12(11)25(16)14-7-6-13(27-14)18(19,20)21/h4-8H,1-3H3,(H,22,26). The fourth-order valence-electron chi connectivity index (χ4n) is 3.19. The van der Waals surface area contributed by atoms with Crippen molar-refractivity contribution in [3.05, 3.63) is 46.6 Å². The molecule has 9 heteroatoms. The molecule has 1 N–H and O–H groups in total. The minimum absolute atomic E-state index is 0.229. The summed E-state index contributed by atoms with van der Waals surface area (Å²) in [5, 5.41) is 3.77. The highest BCUT2D eigenvalue weighted by molar-refractivity contribution is 7.14. The number of thiophene rings is 1. The number of alkyl halides is 3. The minimum Gasteiger partial charge on any atom is -0.355 e. The maximum absolute atomic E-state index is 13.1. The number of fused-ring (bicyclic) bond motifs is 3. The average molecular weight is 392 g/mol. The van der Waals surface area contributed by atoms with E-state index in [9.17, 15) is 18.0 Å². The zero-order valence-corrected chi connectivity index (χ0v) is 15.5. The van der Waals surface area contributed by atoms with Gasteiger partial charge in [-0.2, -0.15) is 13.2 Å². The Morgan fingerprint density at radius 2 is 1.96 bits per heavy atom. The third-order valence-electron chi connectivity index (χ3n) is 4.59. The maximum atomic E-state index is 13.1. The van der Waals surface area contributed by atoms with E-state index in [1.165, 1.54) is 6.07 Å². The van der Waals surface area contributed by atoms with Crippen molar-refractivity contribution < 1.29 is 18.0 Å². The van der Waals surface area contributed by atoms with E-state index in [-0.39, 0.29) is 5.91 Å². The lowest BCUT2D eigenvalue weighted by molar-refractivity contribution is -0.134. The van der Waals surface area contributed by atoms with E-state index in [4.69, 9.17) is 0 Å². The molecule has 0 saturated carbocycles. The molecule has 1 aromatic carbocycles. The molecule has 4 rings (SSSR count). The van der Waals surface area contributed by atoms with Gasteiger partial charge in [-0.25, -0.2) is 4.98 Å². The number of nitrogens with one attached hydrogen (secondary N) is 1. The summed E-state index contributed by atoms with van der Waals surface area (Å²) in [5.41, 5.74) is 2.52. The number of aryl methyl sites for hydroxylation is 2. The maximum Gasteiger partial charge on any atom is 0.425 e. The summed E-state index contributed by atoms with van der Waals surface area (Å²) in [6.07, 6.45) is -4.39. The number of hydrogen-bond donors (Lipinski definition) is 1. The molecule has 0 saturated heterocycles. The van der Waals surface area contributed by atoms with Crippen molar-refractivity contribution in [2.75, 3.05) is 7.05 Å². The topological polar surface area (TPSA) is 51.9 Å². The van der Waals surface area contributed by atoms with Crippen molar-refractivity contribution in [2.24, 2.45) is 7.05 Å². The fourth-order valence-corrected chi connectivity index (χ4v) is 4.08. The first-order chi connectivity index (χ1) is 12.7. The van der Waals surface area contributed by atoms with E-state index >= 15 is 0 Å². The Hall–Kier alpha value is -2.81. The summed E-state index contributed by atoms with van der Waals surface area (Å²) in [5.74, 6) is 0.501. The molecule has 4 aromatic rings. The summed E-state index contributed by atoms with van der Waals surface area (Å²) in [6, 6.07) is 7.66. The number of carbonyl (C=O) groups excluding carboxylic acids is 1.